The molecule has 3 rings (SSSR count). The van der Waals surface area contributed by atoms with Crippen LogP contribution in [-0.4, -0.2) is 5.78 Å². The molecule has 0 amide bonds. The average molecular weight is 270 g/mol. The molecule has 0 fully saturated rings. The Morgan fingerprint density at radius 3 is 2.55 bits per heavy atom. The Morgan fingerprint density at radius 2 is 1.85 bits per heavy atom. The lowest BCUT2D eigenvalue weighted by molar-refractivity contribution is -0.0251. The zero-order chi connectivity index (χ0) is 13.9. The fourth-order valence-electron chi connectivity index (χ4n) is 2.16. The Bertz CT molecular complexity index is 646. The van der Waals surface area contributed by atoms with E-state index in [9.17, 15) is 4.79 Å². The second-order valence-corrected chi connectivity index (χ2v) is 4.57. The zero-order valence-electron chi connectivity index (χ0n) is 11.0. The highest BCUT2D eigenvalue weighted by molar-refractivity contribution is 5.91. The molecule has 0 N–H and O–H groups in total. The molecular weight excluding hydrogens is 256 g/mol. The first-order valence-corrected chi connectivity index (χ1v) is 6.37. The third-order valence-electron chi connectivity index (χ3n) is 3.14. The van der Waals surface area contributed by atoms with Crippen LogP contribution in [0.1, 0.15) is 40.7 Å². The van der Waals surface area contributed by atoms with E-state index in [0.29, 0.717) is 12.2 Å². The van der Waals surface area contributed by atoms with Gasteiger partial charge in [0.1, 0.15) is 18.3 Å². The number of hydrogen-bond acceptors (Lipinski definition) is 4. The summed E-state index contributed by atoms with van der Waals surface area (Å²) in [7, 11) is 0. The normalized spacial score (nSPS) is 14.1. The highest BCUT2D eigenvalue weighted by atomic mass is 16.7. The van der Waals surface area contributed by atoms with Crippen molar-refractivity contribution in [3.05, 3.63) is 71.6 Å². The summed E-state index contributed by atoms with van der Waals surface area (Å²) in [6.45, 7) is 1.49. The molecule has 2 aromatic rings. The molecular formula is C16H14O4. The van der Waals surface area contributed by atoms with Gasteiger partial charge in [0.2, 0.25) is 0 Å². The second-order valence-electron chi connectivity index (χ2n) is 4.57. The molecule has 0 saturated carbocycles. The Kier molecular flexibility index (Phi) is 3.29. The van der Waals surface area contributed by atoms with Crippen LogP contribution >= 0.6 is 0 Å². The minimum absolute atomic E-state index is 0.0730. The standard InChI is InChI=1S/C16H14O4/c1-11(17)15-7-6-13(20-15)10-12-4-2-3-5-14(12)16-18-8-9-19-16/h2-9,16H,10H2,1H3. The van der Waals surface area contributed by atoms with Gasteiger partial charge in [-0.1, -0.05) is 24.3 Å². The maximum atomic E-state index is 11.2. The molecule has 0 unspecified atom stereocenters. The van der Waals surface area contributed by atoms with Crippen molar-refractivity contribution in [3.8, 4) is 0 Å². The third-order valence-corrected chi connectivity index (χ3v) is 3.14. The summed E-state index contributed by atoms with van der Waals surface area (Å²) in [6, 6.07) is 11.4. The summed E-state index contributed by atoms with van der Waals surface area (Å²) >= 11 is 0. The predicted octanol–water partition coefficient (Wildman–Crippen LogP) is 3.59. The molecule has 0 radical (unpaired) electrons. The first-order valence-electron chi connectivity index (χ1n) is 6.37. The van der Waals surface area contributed by atoms with Crippen molar-refractivity contribution < 1.29 is 18.7 Å². The number of Topliss-reactive ketones (excluding diaryl/α,β-unsaturated/α-hetero) is 1. The Labute approximate surface area is 116 Å². The summed E-state index contributed by atoms with van der Waals surface area (Å²) in [4.78, 5) is 11.2. The minimum Gasteiger partial charge on any atom is -0.458 e. The van der Waals surface area contributed by atoms with Gasteiger partial charge < -0.3 is 13.9 Å². The molecule has 1 aromatic carbocycles. The van der Waals surface area contributed by atoms with E-state index in [4.69, 9.17) is 13.9 Å². The fourth-order valence-corrected chi connectivity index (χ4v) is 2.16. The predicted molar refractivity (Wildman–Crippen MR) is 72.0 cm³/mol. The summed E-state index contributed by atoms with van der Waals surface area (Å²) in [5, 5.41) is 0. The Hall–Kier alpha value is -2.49. The molecule has 0 spiro atoms. The Morgan fingerprint density at radius 1 is 1.10 bits per heavy atom. The van der Waals surface area contributed by atoms with Crippen LogP contribution in [0.5, 0.6) is 0 Å². The van der Waals surface area contributed by atoms with E-state index < -0.39 is 6.29 Å². The van der Waals surface area contributed by atoms with Crippen LogP contribution in [0.15, 0.2) is 53.3 Å². The molecule has 1 aliphatic heterocycles. The van der Waals surface area contributed by atoms with Crippen molar-refractivity contribution in [2.24, 2.45) is 0 Å². The van der Waals surface area contributed by atoms with Gasteiger partial charge in [0.25, 0.3) is 6.29 Å². The van der Waals surface area contributed by atoms with E-state index in [0.717, 1.165) is 16.9 Å². The van der Waals surface area contributed by atoms with Gasteiger partial charge in [-0.3, -0.25) is 4.79 Å². The van der Waals surface area contributed by atoms with E-state index in [1.165, 1.54) is 19.4 Å². The van der Waals surface area contributed by atoms with Crippen molar-refractivity contribution in [1.82, 2.24) is 0 Å². The molecule has 20 heavy (non-hydrogen) atoms. The van der Waals surface area contributed by atoms with Crippen molar-refractivity contribution in [2.75, 3.05) is 0 Å². The lowest BCUT2D eigenvalue weighted by Crippen LogP contribution is -2.03. The van der Waals surface area contributed by atoms with Crippen molar-refractivity contribution in [1.29, 1.82) is 0 Å². The molecule has 0 bridgehead atoms. The number of benzene rings is 1. The number of ether oxygens (including phenoxy) is 2. The maximum absolute atomic E-state index is 11.2. The topological polar surface area (TPSA) is 48.7 Å². The smallest absolute Gasteiger partial charge is 0.266 e. The van der Waals surface area contributed by atoms with Gasteiger partial charge in [0.15, 0.2) is 11.5 Å². The molecule has 1 aliphatic rings. The van der Waals surface area contributed by atoms with Gasteiger partial charge in [-0.15, -0.1) is 0 Å². The summed E-state index contributed by atoms with van der Waals surface area (Å²) in [6.07, 6.45) is 3.24. The fraction of sp³-hybridized carbons (Fsp3) is 0.188. The SMILES string of the molecule is CC(=O)c1ccc(Cc2ccccc2C2OC=CO2)o1. The lowest BCUT2D eigenvalue weighted by atomic mass is 10.0. The van der Waals surface area contributed by atoms with Crippen LogP contribution in [0.25, 0.3) is 0 Å². The lowest BCUT2D eigenvalue weighted by Gasteiger charge is -2.14. The first-order chi connectivity index (χ1) is 9.74. The van der Waals surface area contributed by atoms with E-state index in [-0.39, 0.29) is 5.78 Å². The average Bonchev–Trinajstić information content (AvgIpc) is 3.10. The molecule has 2 heterocycles. The molecule has 1 aromatic heterocycles. The van der Waals surface area contributed by atoms with E-state index in [1.54, 1.807) is 6.07 Å². The number of hydrogen-bond donors (Lipinski definition) is 0. The second kappa shape index (κ2) is 5.25. The number of furan rings is 1. The third kappa shape index (κ3) is 2.45. The van der Waals surface area contributed by atoms with E-state index in [2.05, 4.69) is 0 Å². The molecule has 102 valence electrons. The summed E-state index contributed by atoms with van der Waals surface area (Å²) in [5.74, 6) is 1.05. The van der Waals surface area contributed by atoms with Gasteiger partial charge in [0.05, 0.1) is 0 Å². The summed E-state index contributed by atoms with van der Waals surface area (Å²) in [5.41, 5.74) is 2.00. The molecule has 0 saturated heterocycles. The van der Waals surface area contributed by atoms with Crippen LogP contribution in [0.4, 0.5) is 0 Å². The zero-order valence-corrected chi connectivity index (χ0v) is 11.0. The van der Waals surface area contributed by atoms with Gasteiger partial charge >= 0.3 is 0 Å². The monoisotopic (exact) mass is 270 g/mol. The number of rotatable bonds is 4. The highest BCUT2D eigenvalue weighted by Crippen LogP contribution is 2.28. The van der Waals surface area contributed by atoms with Crippen LogP contribution in [0.2, 0.25) is 0 Å². The van der Waals surface area contributed by atoms with Crippen molar-refractivity contribution in [2.45, 2.75) is 19.6 Å². The Balaban J connectivity index is 1.84. The summed E-state index contributed by atoms with van der Waals surface area (Å²) < 4.78 is 16.3. The van der Waals surface area contributed by atoms with Gasteiger partial charge in [-0.25, -0.2) is 0 Å². The number of carbonyl (C=O) groups is 1. The van der Waals surface area contributed by atoms with Crippen LogP contribution in [0.3, 0.4) is 0 Å². The van der Waals surface area contributed by atoms with Crippen LogP contribution in [-0.2, 0) is 15.9 Å². The highest BCUT2D eigenvalue weighted by Gasteiger charge is 2.19. The van der Waals surface area contributed by atoms with Gasteiger partial charge in [-0.05, 0) is 17.7 Å². The molecule has 0 aliphatic carbocycles. The molecule has 4 heteroatoms. The maximum Gasteiger partial charge on any atom is 0.266 e. The molecule has 4 nitrogen and oxygen atoms in total. The van der Waals surface area contributed by atoms with E-state index >= 15 is 0 Å². The van der Waals surface area contributed by atoms with Gasteiger partial charge in [0, 0.05) is 18.9 Å². The van der Waals surface area contributed by atoms with E-state index in [1.807, 2.05) is 30.3 Å². The minimum atomic E-state index is -0.409. The van der Waals surface area contributed by atoms with Crippen LogP contribution < -0.4 is 0 Å². The number of ketones is 1. The van der Waals surface area contributed by atoms with Crippen molar-refractivity contribution >= 4 is 5.78 Å². The quantitative estimate of drug-likeness (QED) is 0.796. The van der Waals surface area contributed by atoms with Gasteiger partial charge in [-0.2, -0.15) is 0 Å². The molecule has 0 atom stereocenters. The van der Waals surface area contributed by atoms with Crippen LogP contribution in [0, 0.1) is 0 Å². The van der Waals surface area contributed by atoms with Crippen molar-refractivity contribution in [3.63, 3.8) is 0 Å². The first kappa shape index (κ1) is 12.5. The largest absolute Gasteiger partial charge is 0.458 e. The number of carbonyl (C=O) groups excluding carboxylic acids is 1.